The standard InChI is InChI=1S/C26H38N6O3.H2S/c1-16(2)22(29-25(34)26(4,5)6)21(33)11-9-8-10-14-27-23-24-31-30-17(3)32(24)20-13-12-18(35-7)15-19(20)28-23;/h12-13,15-16,22H,8-11,14H2,1-7H3,(H,27,28)(H,29,34);1H2/t22-;/m0./s1. The smallest absolute Gasteiger partial charge is 0.225 e. The topological polar surface area (TPSA) is 111 Å². The summed E-state index contributed by atoms with van der Waals surface area (Å²) >= 11 is 0. The summed E-state index contributed by atoms with van der Waals surface area (Å²) in [6.45, 7) is 12.1. The molecule has 0 fully saturated rings. The second-order valence-corrected chi connectivity index (χ2v) is 10.4. The van der Waals surface area contributed by atoms with Crippen molar-refractivity contribution < 1.29 is 14.3 Å². The Hall–Kier alpha value is -2.88. The zero-order valence-electron chi connectivity index (χ0n) is 22.4. The van der Waals surface area contributed by atoms with Crippen LogP contribution in [0.5, 0.6) is 5.75 Å². The van der Waals surface area contributed by atoms with Crippen molar-refractivity contribution in [3.63, 3.8) is 0 Å². The Morgan fingerprint density at radius 3 is 2.47 bits per heavy atom. The number of unbranched alkanes of at least 4 members (excludes halogenated alkanes) is 2. The molecule has 36 heavy (non-hydrogen) atoms. The summed E-state index contributed by atoms with van der Waals surface area (Å²) in [6.07, 6.45) is 3.00. The Morgan fingerprint density at radius 2 is 1.83 bits per heavy atom. The van der Waals surface area contributed by atoms with Gasteiger partial charge in [-0.1, -0.05) is 41.0 Å². The highest BCUT2D eigenvalue weighted by Crippen LogP contribution is 2.25. The molecule has 10 heteroatoms. The highest BCUT2D eigenvalue weighted by Gasteiger charge is 2.28. The van der Waals surface area contributed by atoms with Gasteiger partial charge in [-0.25, -0.2) is 4.98 Å². The third-order valence-electron chi connectivity index (χ3n) is 6.07. The lowest BCUT2D eigenvalue weighted by molar-refractivity contribution is -0.133. The van der Waals surface area contributed by atoms with Gasteiger partial charge in [-0.3, -0.25) is 14.0 Å². The number of methoxy groups -OCH3 is 1. The van der Waals surface area contributed by atoms with E-state index in [1.54, 1.807) is 7.11 Å². The van der Waals surface area contributed by atoms with Crippen molar-refractivity contribution in [3.05, 3.63) is 24.0 Å². The summed E-state index contributed by atoms with van der Waals surface area (Å²) in [6, 6.07) is 5.31. The number of rotatable bonds is 11. The molecule has 1 aromatic carbocycles. The van der Waals surface area contributed by atoms with Gasteiger partial charge in [0.05, 0.1) is 24.2 Å². The van der Waals surface area contributed by atoms with Gasteiger partial charge < -0.3 is 15.4 Å². The highest BCUT2D eigenvalue weighted by atomic mass is 32.1. The SMILES string of the molecule is COc1ccc2c(c1)nc(NCCCCCC(=O)[C@@H](NC(=O)C(C)(C)C)C(C)C)c1nnc(C)n12.S. The number of aryl methyl sites for hydroxylation is 1. The fourth-order valence-electron chi connectivity index (χ4n) is 3.94. The van der Waals surface area contributed by atoms with E-state index in [9.17, 15) is 9.59 Å². The van der Waals surface area contributed by atoms with E-state index in [0.717, 1.165) is 41.9 Å². The molecule has 0 saturated heterocycles. The number of ketones is 1. The molecule has 0 aliphatic carbocycles. The molecule has 3 rings (SSSR count). The molecule has 0 saturated carbocycles. The second kappa shape index (κ2) is 12.4. The predicted molar refractivity (Wildman–Crippen MR) is 148 cm³/mol. The summed E-state index contributed by atoms with van der Waals surface area (Å²) in [5.74, 6) is 2.26. The lowest BCUT2D eigenvalue weighted by Gasteiger charge is -2.26. The van der Waals surface area contributed by atoms with Crippen LogP contribution in [0.1, 0.15) is 66.1 Å². The Morgan fingerprint density at radius 1 is 1.11 bits per heavy atom. The molecule has 2 aromatic heterocycles. The van der Waals surface area contributed by atoms with Crippen molar-refractivity contribution in [1.82, 2.24) is 24.9 Å². The molecule has 0 unspecified atom stereocenters. The Balaban J connectivity index is 0.00000456. The zero-order chi connectivity index (χ0) is 25.8. The van der Waals surface area contributed by atoms with Gasteiger partial charge in [0.15, 0.2) is 11.6 Å². The van der Waals surface area contributed by atoms with Crippen molar-refractivity contribution in [1.29, 1.82) is 0 Å². The van der Waals surface area contributed by atoms with Crippen molar-refractivity contribution in [2.24, 2.45) is 11.3 Å². The van der Waals surface area contributed by atoms with Crippen LogP contribution in [-0.4, -0.2) is 51.0 Å². The van der Waals surface area contributed by atoms with E-state index in [1.165, 1.54) is 0 Å². The molecular formula is C26H40N6O3S. The van der Waals surface area contributed by atoms with E-state index < -0.39 is 11.5 Å². The highest BCUT2D eigenvalue weighted by molar-refractivity contribution is 7.59. The Bertz CT molecular complexity index is 1200. The summed E-state index contributed by atoms with van der Waals surface area (Å²) in [7, 11) is 1.63. The van der Waals surface area contributed by atoms with Gasteiger partial charge in [0.2, 0.25) is 11.6 Å². The van der Waals surface area contributed by atoms with Gasteiger partial charge in [-0.15, -0.1) is 10.2 Å². The second-order valence-electron chi connectivity index (χ2n) is 10.4. The lowest BCUT2D eigenvalue weighted by atomic mass is 9.91. The van der Waals surface area contributed by atoms with E-state index in [2.05, 4.69) is 20.8 Å². The van der Waals surface area contributed by atoms with Crippen molar-refractivity contribution in [2.45, 2.75) is 73.3 Å². The average molecular weight is 517 g/mol. The molecule has 0 aliphatic heterocycles. The number of anilines is 1. The number of nitrogens with zero attached hydrogens (tertiary/aromatic N) is 4. The zero-order valence-corrected chi connectivity index (χ0v) is 23.4. The molecule has 0 radical (unpaired) electrons. The minimum absolute atomic E-state index is 0. The summed E-state index contributed by atoms with van der Waals surface area (Å²) in [5, 5.41) is 14.9. The van der Waals surface area contributed by atoms with Crippen molar-refractivity contribution in [3.8, 4) is 5.75 Å². The molecule has 198 valence electrons. The number of aromatic nitrogens is 4. The fourth-order valence-corrected chi connectivity index (χ4v) is 3.94. The largest absolute Gasteiger partial charge is 0.497 e. The summed E-state index contributed by atoms with van der Waals surface area (Å²) in [5.41, 5.74) is 1.88. The van der Waals surface area contributed by atoms with Crippen LogP contribution in [0, 0.1) is 18.3 Å². The van der Waals surface area contributed by atoms with E-state index >= 15 is 0 Å². The van der Waals surface area contributed by atoms with Crippen LogP contribution in [0.25, 0.3) is 16.7 Å². The van der Waals surface area contributed by atoms with Crippen LogP contribution < -0.4 is 15.4 Å². The van der Waals surface area contributed by atoms with E-state index in [1.807, 2.05) is 64.1 Å². The molecule has 0 bridgehead atoms. The summed E-state index contributed by atoms with van der Waals surface area (Å²) in [4.78, 5) is 29.9. The van der Waals surface area contributed by atoms with Gasteiger partial charge in [0.25, 0.3) is 0 Å². The molecule has 2 heterocycles. The number of fused-ring (bicyclic) bond motifs is 3. The van der Waals surface area contributed by atoms with Crippen LogP contribution in [-0.2, 0) is 9.59 Å². The van der Waals surface area contributed by atoms with Gasteiger partial charge in [-0.2, -0.15) is 13.5 Å². The number of benzene rings is 1. The monoisotopic (exact) mass is 516 g/mol. The van der Waals surface area contributed by atoms with Crippen LogP contribution in [0.2, 0.25) is 0 Å². The maximum Gasteiger partial charge on any atom is 0.225 e. The molecule has 1 amide bonds. The number of carbonyl (C=O) groups is 2. The minimum atomic E-state index is -0.519. The van der Waals surface area contributed by atoms with Crippen LogP contribution in [0.3, 0.4) is 0 Å². The Labute approximate surface area is 220 Å². The maximum atomic E-state index is 12.8. The van der Waals surface area contributed by atoms with E-state index in [-0.39, 0.29) is 31.1 Å². The molecule has 9 nitrogen and oxygen atoms in total. The molecule has 0 aliphatic rings. The number of Topliss-reactive ketones (excluding diaryl/α,β-unsaturated/α-hetero) is 1. The van der Waals surface area contributed by atoms with E-state index in [4.69, 9.17) is 9.72 Å². The minimum Gasteiger partial charge on any atom is -0.497 e. The first kappa shape index (κ1) is 29.4. The quantitative estimate of drug-likeness (QED) is 0.363. The molecular weight excluding hydrogens is 476 g/mol. The van der Waals surface area contributed by atoms with Crippen LogP contribution >= 0.6 is 13.5 Å². The lowest BCUT2D eigenvalue weighted by Crippen LogP contribution is -2.48. The first-order valence-corrected chi connectivity index (χ1v) is 12.3. The predicted octanol–water partition coefficient (Wildman–Crippen LogP) is 4.44. The molecule has 2 N–H and O–H groups in total. The van der Waals surface area contributed by atoms with Gasteiger partial charge in [0.1, 0.15) is 11.6 Å². The summed E-state index contributed by atoms with van der Waals surface area (Å²) < 4.78 is 7.33. The van der Waals surface area contributed by atoms with Crippen LogP contribution in [0.15, 0.2) is 18.2 Å². The fraction of sp³-hybridized carbons (Fsp3) is 0.577. The number of amides is 1. The number of ether oxygens (including phenoxy) is 1. The Kier molecular flexibility index (Phi) is 10.1. The van der Waals surface area contributed by atoms with Gasteiger partial charge >= 0.3 is 0 Å². The number of carbonyl (C=O) groups excluding carboxylic acids is 2. The number of hydrogen-bond acceptors (Lipinski definition) is 7. The van der Waals surface area contributed by atoms with Gasteiger partial charge in [-0.05, 0) is 37.8 Å². The van der Waals surface area contributed by atoms with Crippen molar-refractivity contribution >= 4 is 47.7 Å². The number of hydrogen-bond donors (Lipinski definition) is 2. The third-order valence-corrected chi connectivity index (χ3v) is 6.07. The normalized spacial score (nSPS) is 12.4. The first-order valence-electron chi connectivity index (χ1n) is 12.3. The maximum absolute atomic E-state index is 12.8. The third kappa shape index (κ3) is 6.87. The van der Waals surface area contributed by atoms with Gasteiger partial charge in [0, 0.05) is 24.4 Å². The van der Waals surface area contributed by atoms with E-state index in [0.29, 0.717) is 24.4 Å². The number of nitrogens with one attached hydrogen (secondary N) is 2. The van der Waals surface area contributed by atoms with Crippen molar-refractivity contribution in [2.75, 3.05) is 19.0 Å². The van der Waals surface area contributed by atoms with Crippen LogP contribution in [0.4, 0.5) is 5.82 Å². The average Bonchev–Trinajstić information content (AvgIpc) is 3.19. The molecule has 0 spiro atoms. The first-order chi connectivity index (χ1) is 16.5. The molecule has 1 atom stereocenters. The molecule has 3 aromatic rings.